The average Bonchev–Trinajstić information content (AvgIpc) is 2.51. The zero-order valence-electron chi connectivity index (χ0n) is 14.3. The first-order valence-electron chi connectivity index (χ1n) is 7.69. The van der Waals surface area contributed by atoms with Crippen molar-refractivity contribution in [3.8, 4) is 0 Å². The summed E-state index contributed by atoms with van der Waals surface area (Å²) in [6.07, 6.45) is -11.4. The van der Waals surface area contributed by atoms with E-state index in [1.54, 1.807) is 0 Å². The molecule has 2 rings (SSSR count). The van der Waals surface area contributed by atoms with Gasteiger partial charge >= 0.3 is 23.9 Å². The molecule has 1 aromatic rings. The molecule has 156 valence electrons. The lowest BCUT2D eigenvalue weighted by Crippen LogP contribution is -2.63. The highest BCUT2D eigenvalue weighted by Crippen LogP contribution is 2.58. The van der Waals surface area contributed by atoms with Crippen LogP contribution in [0.15, 0.2) is 41.6 Å². The molecule has 0 radical (unpaired) electrons. The molecule has 2 unspecified atom stereocenters. The Morgan fingerprint density at radius 2 is 1.57 bits per heavy atom. The molecule has 0 spiro atoms. The van der Waals surface area contributed by atoms with Crippen LogP contribution in [0.25, 0.3) is 0 Å². The molecule has 0 saturated heterocycles. The van der Waals surface area contributed by atoms with Gasteiger partial charge in [0.05, 0.1) is 0 Å². The van der Waals surface area contributed by atoms with Gasteiger partial charge in [0.15, 0.2) is 0 Å². The number of hydrogen-bond donors (Lipinski definition) is 0. The van der Waals surface area contributed by atoms with Gasteiger partial charge < -0.3 is 0 Å². The first kappa shape index (κ1) is 22.6. The molecule has 0 aliphatic heterocycles. The third-order valence-corrected chi connectivity index (χ3v) is 4.77. The molecule has 1 aromatic heterocycles. The highest BCUT2D eigenvalue weighted by molar-refractivity contribution is 6.30. The van der Waals surface area contributed by atoms with Gasteiger partial charge in [-0.1, -0.05) is 42.3 Å². The number of aromatic nitrogens is 1. The van der Waals surface area contributed by atoms with Gasteiger partial charge in [-0.15, -0.1) is 0 Å². The van der Waals surface area contributed by atoms with E-state index in [1.807, 2.05) is 0 Å². The fraction of sp³-hybridized carbons (Fsp3) is 0.471. The summed E-state index contributed by atoms with van der Waals surface area (Å²) in [6.45, 7) is 2.44. The van der Waals surface area contributed by atoms with Crippen molar-refractivity contribution in [2.45, 2.75) is 49.6 Å². The lowest BCUT2D eigenvalue weighted by molar-refractivity contribution is -0.371. The van der Waals surface area contributed by atoms with Gasteiger partial charge in [-0.2, -0.15) is 35.1 Å². The number of alkyl halides is 9. The molecule has 0 aromatic carbocycles. The van der Waals surface area contributed by atoms with Crippen LogP contribution in [0.2, 0.25) is 5.15 Å². The number of rotatable bonds is 3. The van der Waals surface area contributed by atoms with E-state index in [4.69, 9.17) is 11.6 Å². The Hall–Kier alpha value is -1.71. The second-order valence-corrected chi connectivity index (χ2v) is 7.11. The van der Waals surface area contributed by atoms with E-state index in [9.17, 15) is 39.5 Å². The zero-order chi connectivity index (χ0) is 21.8. The second kappa shape index (κ2) is 6.67. The van der Waals surface area contributed by atoms with E-state index in [-0.39, 0.29) is 22.7 Å². The molecule has 0 bridgehead atoms. The van der Waals surface area contributed by atoms with Crippen molar-refractivity contribution >= 4 is 11.6 Å². The Balaban J connectivity index is 2.80. The Morgan fingerprint density at radius 3 is 2.04 bits per heavy atom. The molecular formula is C17H13ClF9N. The SMILES string of the molecule is CC1=CC(C(F)(C(F)(F)F)C(F)(F)C(F)(F)F)=CC(C)(c2cccnc2Cl)C1. The van der Waals surface area contributed by atoms with Crippen LogP contribution in [-0.2, 0) is 5.41 Å². The minimum absolute atomic E-state index is 0.0378. The van der Waals surface area contributed by atoms with Gasteiger partial charge in [-0.05, 0) is 25.0 Å². The van der Waals surface area contributed by atoms with Gasteiger partial charge in [-0.25, -0.2) is 9.37 Å². The minimum atomic E-state index is -6.78. The van der Waals surface area contributed by atoms with Gasteiger partial charge in [0.25, 0.3) is 0 Å². The normalized spacial score (nSPS) is 23.7. The van der Waals surface area contributed by atoms with E-state index in [0.29, 0.717) is 12.2 Å². The molecule has 1 aliphatic carbocycles. The van der Waals surface area contributed by atoms with Crippen molar-refractivity contribution in [3.63, 3.8) is 0 Å². The molecular weight excluding hydrogens is 425 g/mol. The number of nitrogens with zero attached hydrogens (tertiary/aromatic N) is 1. The van der Waals surface area contributed by atoms with Crippen molar-refractivity contribution in [3.05, 3.63) is 52.3 Å². The molecule has 2 atom stereocenters. The molecule has 0 saturated carbocycles. The summed E-state index contributed by atoms with van der Waals surface area (Å²) < 4.78 is 121. The van der Waals surface area contributed by atoms with E-state index >= 15 is 0 Å². The van der Waals surface area contributed by atoms with Gasteiger partial charge in [0.1, 0.15) is 5.15 Å². The topological polar surface area (TPSA) is 12.9 Å². The molecule has 28 heavy (non-hydrogen) atoms. The molecule has 0 N–H and O–H groups in total. The predicted molar refractivity (Wildman–Crippen MR) is 84.0 cm³/mol. The number of halogens is 10. The summed E-state index contributed by atoms with van der Waals surface area (Å²) >= 11 is 5.91. The van der Waals surface area contributed by atoms with Crippen LogP contribution in [-0.4, -0.2) is 28.9 Å². The first-order chi connectivity index (χ1) is 12.5. The van der Waals surface area contributed by atoms with E-state index < -0.39 is 34.9 Å². The first-order valence-corrected chi connectivity index (χ1v) is 8.07. The maximum absolute atomic E-state index is 14.8. The summed E-state index contributed by atoms with van der Waals surface area (Å²) in [7, 11) is 0. The van der Waals surface area contributed by atoms with Crippen molar-refractivity contribution in [2.75, 3.05) is 0 Å². The minimum Gasteiger partial charge on any atom is -0.244 e. The van der Waals surface area contributed by atoms with Crippen LogP contribution in [0.5, 0.6) is 0 Å². The lowest BCUT2D eigenvalue weighted by Gasteiger charge is -2.40. The largest absolute Gasteiger partial charge is 0.457 e. The maximum Gasteiger partial charge on any atom is 0.457 e. The molecule has 0 amide bonds. The molecule has 1 nitrogen and oxygen atoms in total. The van der Waals surface area contributed by atoms with Crippen molar-refractivity contribution < 1.29 is 39.5 Å². The quantitative estimate of drug-likeness (QED) is 0.377. The Labute approximate surface area is 158 Å². The summed E-state index contributed by atoms with van der Waals surface area (Å²) in [4.78, 5) is 3.72. The predicted octanol–water partition coefficient (Wildman–Crippen LogP) is 6.74. The number of hydrogen-bond acceptors (Lipinski definition) is 1. The number of pyridine rings is 1. The molecule has 1 heterocycles. The molecule has 11 heteroatoms. The van der Waals surface area contributed by atoms with E-state index in [2.05, 4.69) is 4.98 Å². The Morgan fingerprint density at radius 1 is 1.00 bits per heavy atom. The zero-order valence-corrected chi connectivity index (χ0v) is 15.1. The van der Waals surface area contributed by atoms with E-state index in [1.165, 1.54) is 32.2 Å². The highest BCUT2D eigenvalue weighted by Gasteiger charge is 2.82. The van der Waals surface area contributed by atoms with Crippen LogP contribution in [0.3, 0.4) is 0 Å². The highest BCUT2D eigenvalue weighted by atomic mass is 35.5. The Kier molecular flexibility index (Phi) is 5.38. The van der Waals surface area contributed by atoms with Gasteiger partial charge in [-0.3, -0.25) is 0 Å². The van der Waals surface area contributed by atoms with Crippen LogP contribution in [0, 0.1) is 0 Å². The molecule has 0 fully saturated rings. The van der Waals surface area contributed by atoms with Gasteiger partial charge in [0.2, 0.25) is 0 Å². The Bertz CT molecular complexity index is 825. The number of allylic oxidation sites excluding steroid dienone is 4. The van der Waals surface area contributed by atoms with Crippen LogP contribution in [0.4, 0.5) is 39.5 Å². The fourth-order valence-electron chi connectivity index (χ4n) is 3.23. The lowest BCUT2D eigenvalue weighted by atomic mass is 9.70. The van der Waals surface area contributed by atoms with E-state index in [0.717, 1.165) is 0 Å². The molecule has 1 aliphatic rings. The fourth-order valence-corrected chi connectivity index (χ4v) is 3.57. The maximum atomic E-state index is 14.8. The van der Waals surface area contributed by atoms with Crippen LogP contribution < -0.4 is 0 Å². The summed E-state index contributed by atoms with van der Waals surface area (Å²) in [6, 6.07) is 2.67. The third kappa shape index (κ3) is 3.40. The monoisotopic (exact) mass is 437 g/mol. The van der Waals surface area contributed by atoms with Crippen LogP contribution in [0.1, 0.15) is 25.8 Å². The third-order valence-electron chi connectivity index (χ3n) is 4.47. The summed E-state index contributed by atoms with van der Waals surface area (Å²) in [5.74, 6) is -6.72. The van der Waals surface area contributed by atoms with Crippen LogP contribution >= 0.6 is 11.6 Å². The average molecular weight is 438 g/mol. The van der Waals surface area contributed by atoms with Crippen molar-refractivity contribution in [1.29, 1.82) is 0 Å². The van der Waals surface area contributed by atoms with Gasteiger partial charge in [0, 0.05) is 17.2 Å². The summed E-state index contributed by atoms with van der Waals surface area (Å²) in [5.41, 5.74) is -9.40. The summed E-state index contributed by atoms with van der Waals surface area (Å²) in [5, 5.41) is -0.200. The smallest absolute Gasteiger partial charge is 0.244 e. The second-order valence-electron chi connectivity index (χ2n) is 6.75. The van der Waals surface area contributed by atoms with Crippen molar-refractivity contribution in [1.82, 2.24) is 4.98 Å². The van der Waals surface area contributed by atoms with Crippen molar-refractivity contribution in [2.24, 2.45) is 0 Å². The standard InChI is InChI=1S/C17H13ClF9N/c1-9-6-10(8-13(2,7-9)11-4-3-5-28-12(11)18)14(19,16(22,23)24)15(20,21)17(25,26)27/h3-6,8H,7H2,1-2H3.